The van der Waals surface area contributed by atoms with E-state index in [1.807, 2.05) is 6.07 Å². The van der Waals surface area contributed by atoms with Gasteiger partial charge in [0.05, 0.1) is 6.61 Å². The van der Waals surface area contributed by atoms with Crippen LogP contribution in [0.2, 0.25) is 0 Å². The van der Waals surface area contributed by atoms with Crippen LogP contribution in [0.5, 0.6) is 5.75 Å². The summed E-state index contributed by atoms with van der Waals surface area (Å²) in [6.07, 6.45) is 1.93. The molecule has 104 valence electrons. The molecule has 20 heavy (non-hydrogen) atoms. The van der Waals surface area contributed by atoms with Crippen LogP contribution in [0.3, 0.4) is 0 Å². The maximum absolute atomic E-state index is 13.0. The van der Waals surface area contributed by atoms with Gasteiger partial charge < -0.3 is 10.1 Å². The normalized spacial score (nSPS) is 12.9. The Labute approximate surface area is 126 Å². The molecule has 0 bridgehead atoms. The Balaban J connectivity index is 1.60. The third-order valence-electron chi connectivity index (χ3n) is 3.41. The highest BCUT2D eigenvalue weighted by Crippen LogP contribution is 2.26. The Morgan fingerprint density at radius 2 is 2.10 bits per heavy atom. The lowest BCUT2D eigenvalue weighted by molar-refractivity contribution is 0.357. The molecule has 0 fully saturated rings. The lowest BCUT2D eigenvalue weighted by atomic mass is 10.1. The van der Waals surface area contributed by atoms with Gasteiger partial charge in [0.25, 0.3) is 0 Å². The first-order chi connectivity index (χ1) is 9.72. The van der Waals surface area contributed by atoms with E-state index >= 15 is 0 Å². The van der Waals surface area contributed by atoms with Gasteiger partial charge in [0.2, 0.25) is 0 Å². The van der Waals surface area contributed by atoms with Crippen LogP contribution in [-0.4, -0.2) is 13.2 Å². The molecule has 0 atom stereocenters. The molecule has 0 spiro atoms. The minimum absolute atomic E-state index is 0.235. The topological polar surface area (TPSA) is 21.3 Å². The van der Waals surface area contributed by atoms with E-state index in [0.29, 0.717) is 0 Å². The molecule has 1 aliphatic rings. The van der Waals surface area contributed by atoms with Crippen molar-refractivity contribution in [3.8, 4) is 5.75 Å². The summed E-state index contributed by atoms with van der Waals surface area (Å²) in [5.41, 5.74) is 3.50. The lowest BCUT2D eigenvalue weighted by Crippen LogP contribution is -2.05. The molecule has 0 aliphatic carbocycles. The molecule has 1 N–H and O–H groups in total. The molecular formula is C16H15BrFNO. The summed E-state index contributed by atoms with van der Waals surface area (Å²) in [5, 5.41) is 3.31. The number of hydrogen-bond acceptors (Lipinski definition) is 2. The van der Waals surface area contributed by atoms with Gasteiger partial charge >= 0.3 is 0 Å². The molecule has 2 aromatic rings. The van der Waals surface area contributed by atoms with Crippen molar-refractivity contribution in [1.82, 2.24) is 0 Å². The second kappa shape index (κ2) is 5.83. The highest BCUT2D eigenvalue weighted by atomic mass is 79.9. The van der Waals surface area contributed by atoms with Gasteiger partial charge in [0, 0.05) is 23.1 Å². The van der Waals surface area contributed by atoms with Gasteiger partial charge in [-0.05, 0) is 57.7 Å². The standard InChI is InChI=1S/C16H15BrFNO/c17-14-10-13(18)2-3-15(14)19-7-5-11-1-4-16-12(9-11)6-8-20-16/h1-4,9-10,19H,5-8H2. The zero-order valence-electron chi connectivity index (χ0n) is 11.0. The highest BCUT2D eigenvalue weighted by Gasteiger charge is 2.11. The van der Waals surface area contributed by atoms with Crippen LogP contribution in [-0.2, 0) is 12.8 Å². The van der Waals surface area contributed by atoms with Crippen LogP contribution in [0.1, 0.15) is 11.1 Å². The molecule has 2 aromatic carbocycles. The maximum atomic E-state index is 13.0. The Kier molecular flexibility index (Phi) is 3.92. The number of hydrogen-bond donors (Lipinski definition) is 1. The molecule has 0 aromatic heterocycles. The van der Waals surface area contributed by atoms with Crippen molar-refractivity contribution < 1.29 is 9.13 Å². The summed E-state index contributed by atoms with van der Waals surface area (Å²) in [6, 6.07) is 11.0. The number of ether oxygens (including phenoxy) is 1. The summed E-state index contributed by atoms with van der Waals surface area (Å²) >= 11 is 3.36. The Morgan fingerprint density at radius 3 is 2.95 bits per heavy atom. The number of nitrogens with one attached hydrogen (secondary N) is 1. The maximum Gasteiger partial charge on any atom is 0.124 e. The molecular weight excluding hydrogens is 321 g/mol. The second-order valence-electron chi connectivity index (χ2n) is 4.84. The van der Waals surface area contributed by atoms with Crippen molar-refractivity contribution in [2.45, 2.75) is 12.8 Å². The Bertz CT molecular complexity index is 630. The lowest BCUT2D eigenvalue weighted by Gasteiger charge is -2.09. The number of rotatable bonds is 4. The van der Waals surface area contributed by atoms with Gasteiger partial charge in [0.15, 0.2) is 0 Å². The minimum Gasteiger partial charge on any atom is -0.493 e. The minimum atomic E-state index is -0.235. The number of anilines is 1. The van der Waals surface area contributed by atoms with E-state index in [2.05, 4.69) is 33.4 Å². The van der Waals surface area contributed by atoms with Crippen molar-refractivity contribution in [3.63, 3.8) is 0 Å². The molecule has 1 aliphatic heterocycles. The number of halogens is 2. The van der Waals surface area contributed by atoms with E-state index in [9.17, 15) is 4.39 Å². The van der Waals surface area contributed by atoms with Gasteiger partial charge in [-0.1, -0.05) is 12.1 Å². The number of fused-ring (bicyclic) bond motifs is 1. The van der Waals surface area contributed by atoms with E-state index in [1.54, 1.807) is 6.07 Å². The first kappa shape index (κ1) is 13.4. The second-order valence-corrected chi connectivity index (χ2v) is 5.70. The van der Waals surface area contributed by atoms with Crippen LogP contribution in [0.15, 0.2) is 40.9 Å². The smallest absolute Gasteiger partial charge is 0.124 e. The monoisotopic (exact) mass is 335 g/mol. The van der Waals surface area contributed by atoms with Crippen LogP contribution >= 0.6 is 15.9 Å². The average Bonchev–Trinajstić information content (AvgIpc) is 2.89. The van der Waals surface area contributed by atoms with E-state index in [0.717, 1.165) is 41.9 Å². The largest absolute Gasteiger partial charge is 0.493 e. The molecule has 1 heterocycles. The average molecular weight is 336 g/mol. The number of benzene rings is 2. The molecule has 3 rings (SSSR count). The molecule has 2 nitrogen and oxygen atoms in total. The fourth-order valence-corrected chi connectivity index (χ4v) is 2.86. The summed E-state index contributed by atoms with van der Waals surface area (Å²) in [5.74, 6) is 0.782. The van der Waals surface area contributed by atoms with Crippen molar-refractivity contribution in [2.24, 2.45) is 0 Å². The fraction of sp³-hybridized carbons (Fsp3) is 0.250. The third kappa shape index (κ3) is 2.96. The van der Waals surface area contributed by atoms with Gasteiger partial charge in [-0.15, -0.1) is 0 Å². The SMILES string of the molecule is Fc1ccc(NCCc2ccc3c(c2)CCO3)c(Br)c1. The van der Waals surface area contributed by atoms with Crippen molar-refractivity contribution in [3.05, 3.63) is 57.8 Å². The Hall–Kier alpha value is -1.55. The van der Waals surface area contributed by atoms with Crippen LogP contribution in [0.4, 0.5) is 10.1 Å². The highest BCUT2D eigenvalue weighted by molar-refractivity contribution is 9.10. The van der Waals surface area contributed by atoms with E-state index in [-0.39, 0.29) is 5.82 Å². The third-order valence-corrected chi connectivity index (χ3v) is 4.07. The predicted octanol–water partition coefficient (Wildman–Crippen LogP) is 4.18. The van der Waals surface area contributed by atoms with Crippen LogP contribution in [0.25, 0.3) is 0 Å². The van der Waals surface area contributed by atoms with Gasteiger partial charge in [0.1, 0.15) is 11.6 Å². The predicted molar refractivity (Wildman–Crippen MR) is 81.9 cm³/mol. The van der Waals surface area contributed by atoms with Crippen molar-refractivity contribution >= 4 is 21.6 Å². The summed E-state index contributed by atoms with van der Waals surface area (Å²) in [6.45, 7) is 1.60. The first-order valence-corrected chi connectivity index (χ1v) is 7.45. The van der Waals surface area contributed by atoms with E-state index in [4.69, 9.17) is 4.74 Å². The first-order valence-electron chi connectivity index (χ1n) is 6.66. The fourth-order valence-electron chi connectivity index (χ4n) is 2.37. The quantitative estimate of drug-likeness (QED) is 0.905. The van der Waals surface area contributed by atoms with Gasteiger partial charge in [-0.25, -0.2) is 4.39 Å². The summed E-state index contributed by atoms with van der Waals surface area (Å²) in [4.78, 5) is 0. The summed E-state index contributed by atoms with van der Waals surface area (Å²) in [7, 11) is 0. The molecule has 0 saturated heterocycles. The van der Waals surface area contributed by atoms with E-state index in [1.165, 1.54) is 23.3 Å². The van der Waals surface area contributed by atoms with Gasteiger partial charge in [-0.2, -0.15) is 0 Å². The van der Waals surface area contributed by atoms with Gasteiger partial charge in [-0.3, -0.25) is 0 Å². The molecule has 0 unspecified atom stereocenters. The zero-order valence-corrected chi connectivity index (χ0v) is 12.5. The molecule has 4 heteroatoms. The zero-order chi connectivity index (χ0) is 13.9. The van der Waals surface area contributed by atoms with Crippen molar-refractivity contribution in [2.75, 3.05) is 18.5 Å². The van der Waals surface area contributed by atoms with Crippen molar-refractivity contribution in [1.29, 1.82) is 0 Å². The van der Waals surface area contributed by atoms with Crippen LogP contribution in [0, 0.1) is 5.82 Å². The summed E-state index contributed by atoms with van der Waals surface area (Å²) < 4.78 is 19.2. The molecule has 0 radical (unpaired) electrons. The van der Waals surface area contributed by atoms with E-state index < -0.39 is 0 Å². The Morgan fingerprint density at radius 1 is 1.20 bits per heavy atom. The molecule has 0 amide bonds. The molecule has 0 saturated carbocycles. The van der Waals surface area contributed by atoms with Crippen LogP contribution < -0.4 is 10.1 Å².